The van der Waals surface area contributed by atoms with E-state index in [1.165, 1.54) is 11.1 Å². The summed E-state index contributed by atoms with van der Waals surface area (Å²) in [5, 5.41) is 12.1. The van der Waals surface area contributed by atoms with E-state index in [-0.39, 0.29) is 6.29 Å². The van der Waals surface area contributed by atoms with Crippen molar-refractivity contribution in [2.24, 2.45) is 0 Å². The first-order valence-corrected chi connectivity index (χ1v) is 10.9. The number of hydrogen-bond acceptors (Lipinski definition) is 7. The number of rotatable bonds is 11. The number of pyridine rings is 1. The van der Waals surface area contributed by atoms with Gasteiger partial charge in [0.05, 0.1) is 18.7 Å². The maximum atomic E-state index is 9.10. The third-order valence-electron chi connectivity index (χ3n) is 5.05. The summed E-state index contributed by atoms with van der Waals surface area (Å²) < 4.78 is 17.2. The molecule has 0 aliphatic carbocycles. The summed E-state index contributed by atoms with van der Waals surface area (Å²) in [6.07, 6.45) is 2.86. The van der Waals surface area contributed by atoms with Crippen LogP contribution >= 0.6 is 0 Å². The number of benzene rings is 1. The molecular weight excluding hydrogens is 404 g/mol. The molecule has 3 rings (SSSR count). The topological polar surface area (TPSA) is 79.6 Å². The Morgan fingerprint density at radius 3 is 2.91 bits per heavy atom. The molecule has 1 N–H and O–H groups in total. The fourth-order valence-corrected chi connectivity index (χ4v) is 3.47. The normalized spacial score (nSPS) is 12.8. The molecule has 0 saturated carbocycles. The van der Waals surface area contributed by atoms with Crippen LogP contribution < -0.4 is 15.0 Å². The highest BCUT2D eigenvalue weighted by molar-refractivity contribution is 5.45. The van der Waals surface area contributed by atoms with E-state index >= 15 is 0 Å². The summed E-state index contributed by atoms with van der Waals surface area (Å²) in [4.78, 5) is 6.69. The van der Waals surface area contributed by atoms with Gasteiger partial charge >= 0.3 is 0 Å². The van der Waals surface area contributed by atoms with Crippen molar-refractivity contribution in [2.75, 3.05) is 44.9 Å². The van der Waals surface area contributed by atoms with Crippen molar-refractivity contribution >= 4 is 5.82 Å². The fraction of sp³-hybridized carbons (Fsp3) is 0.440. The number of nitrogens with one attached hydrogen (secondary N) is 1. The molecule has 7 heteroatoms. The molecule has 32 heavy (non-hydrogen) atoms. The quantitative estimate of drug-likeness (QED) is 0.430. The van der Waals surface area contributed by atoms with E-state index in [9.17, 15) is 0 Å². The average Bonchev–Trinajstić information content (AvgIpc) is 3.29. The Hall–Kier alpha value is -3.10. The number of nitriles is 1. The minimum Gasteiger partial charge on any atom is -0.493 e. The van der Waals surface area contributed by atoms with Crippen LogP contribution in [-0.2, 0) is 22.4 Å². The Labute approximate surface area is 190 Å². The Morgan fingerprint density at radius 2 is 2.16 bits per heavy atom. The number of anilines is 1. The van der Waals surface area contributed by atoms with Crippen molar-refractivity contribution in [3.05, 3.63) is 53.2 Å². The van der Waals surface area contributed by atoms with Crippen LogP contribution in [0.15, 0.2) is 36.5 Å². The summed E-state index contributed by atoms with van der Waals surface area (Å²) in [5.74, 6) is 7.76. The molecule has 7 nitrogen and oxygen atoms in total. The minimum atomic E-state index is -0.349. The number of fused-ring (bicyclic) bond motifs is 1. The number of aromatic nitrogens is 1. The van der Waals surface area contributed by atoms with Gasteiger partial charge in [0.15, 0.2) is 6.29 Å². The van der Waals surface area contributed by atoms with Crippen LogP contribution in [0, 0.1) is 23.2 Å². The highest BCUT2D eigenvalue weighted by Gasteiger charge is 2.17. The van der Waals surface area contributed by atoms with Gasteiger partial charge in [0.2, 0.25) is 0 Å². The van der Waals surface area contributed by atoms with Gasteiger partial charge in [-0.15, -0.1) is 0 Å². The van der Waals surface area contributed by atoms with Gasteiger partial charge in [-0.3, -0.25) is 0 Å². The molecular formula is C25H30N4O3. The van der Waals surface area contributed by atoms with Crippen molar-refractivity contribution in [1.29, 1.82) is 5.26 Å². The molecule has 2 heterocycles. The summed E-state index contributed by atoms with van der Waals surface area (Å²) >= 11 is 0. The van der Waals surface area contributed by atoms with E-state index in [1.807, 2.05) is 26.1 Å². The maximum absolute atomic E-state index is 9.10. The SMILES string of the molecule is CCO[C@@H](CCN(Cc1ccc2c(c1)CCO2)c1ccc(C#N)cn1)OCC#CCNC. The van der Waals surface area contributed by atoms with Gasteiger partial charge in [0, 0.05) is 38.7 Å². The third kappa shape index (κ3) is 6.96. The molecule has 1 aliphatic rings. The molecule has 0 unspecified atom stereocenters. The second-order valence-corrected chi connectivity index (χ2v) is 7.35. The molecule has 0 radical (unpaired) electrons. The Kier molecular flexibility index (Phi) is 9.34. The fourth-order valence-electron chi connectivity index (χ4n) is 3.47. The molecule has 2 aromatic rings. The van der Waals surface area contributed by atoms with Gasteiger partial charge in [0.25, 0.3) is 0 Å². The van der Waals surface area contributed by atoms with Crippen LogP contribution in [0.3, 0.4) is 0 Å². The van der Waals surface area contributed by atoms with Gasteiger partial charge in [-0.25, -0.2) is 4.98 Å². The molecule has 1 aliphatic heterocycles. The van der Waals surface area contributed by atoms with E-state index in [0.717, 1.165) is 24.6 Å². The standard InChI is InChI=1S/C25H30N4O3/c1-3-30-25(32-14-5-4-12-27-2)10-13-29(24-9-7-21(17-26)18-28-24)19-20-6-8-23-22(16-20)11-15-31-23/h6-9,16,18,25,27H,3,10-15,19H2,1-2H3/t25-/m1/s1. The highest BCUT2D eigenvalue weighted by atomic mass is 16.7. The molecule has 0 bridgehead atoms. The molecule has 0 amide bonds. The zero-order valence-corrected chi connectivity index (χ0v) is 18.8. The van der Waals surface area contributed by atoms with E-state index in [4.69, 9.17) is 19.5 Å². The molecule has 168 valence electrons. The van der Waals surface area contributed by atoms with E-state index in [1.54, 1.807) is 12.3 Å². The van der Waals surface area contributed by atoms with E-state index < -0.39 is 0 Å². The molecule has 1 aromatic carbocycles. The molecule has 0 spiro atoms. The van der Waals surface area contributed by atoms with Crippen molar-refractivity contribution in [3.63, 3.8) is 0 Å². The Bertz CT molecular complexity index is 960. The summed E-state index contributed by atoms with van der Waals surface area (Å²) in [7, 11) is 1.86. The van der Waals surface area contributed by atoms with Crippen LogP contribution in [-0.4, -0.2) is 51.2 Å². The molecule has 1 aromatic heterocycles. The zero-order valence-electron chi connectivity index (χ0n) is 18.8. The van der Waals surface area contributed by atoms with Gasteiger partial charge in [0.1, 0.15) is 24.2 Å². The summed E-state index contributed by atoms with van der Waals surface area (Å²) in [5.41, 5.74) is 2.97. The maximum Gasteiger partial charge on any atom is 0.160 e. The number of ether oxygens (including phenoxy) is 3. The molecule has 1 atom stereocenters. The van der Waals surface area contributed by atoms with Crippen LogP contribution in [0.1, 0.15) is 30.0 Å². The van der Waals surface area contributed by atoms with Crippen molar-refractivity contribution in [3.8, 4) is 23.7 Å². The van der Waals surface area contributed by atoms with Crippen LogP contribution in [0.25, 0.3) is 0 Å². The zero-order chi connectivity index (χ0) is 22.6. The largest absolute Gasteiger partial charge is 0.493 e. The first-order valence-electron chi connectivity index (χ1n) is 10.9. The highest BCUT2D eigenvalue weighted by Crippen LogP contribution is 2.27. The third-order valence-corrected chi connectivity index (χ3v) is 5.05. The molecule has 0 fully saturated rings. The van der Waals surface area contributed by atoms with Crippen LogP contribution in [0.5, 0.6) is 5.75 Å². The second kappa shape index (κ2) is 12.7. The average molecular weight is 435 g/mol. The Morgan fingerprint density at radius 1 is 1.25 bits per heavy atom. The first-order chi connectivity index (χ1) is 15.7. The van der Waals surface area contributed by atoms with Gasteiger partial charge in [-0.2, -0.15) is 5.26 Å². The van der Waals surface area contributed by atoms with E-state index in [0.29, 0.717) is 44.8 Å². The number of hydrogen-bond donors (Lipinski definition) is 1. The van der Waals surface area contributed by atoms with Gasteiger partial charge in [-0.1, -0.05) is 24.0 Å². The molecule has 0 saturated heterocycles. The summed E-state index contributed by atoms with van der Waals surface area (Å²) in [6.45, 7) is 5.58. The van der Waals surface area contributed by atoms with Crippen LogP contribution in [0.2, 0.25) is 0 Å². The second-order valence-electron chi connectivity index (χ2n) is 7.35. The number of nitrogens with zero attached hydrogens (tertiary/aromatic N) is 3. The Balaban J connectivity index is 1.69. The predicted molar refractivity (Wildman–Crippen MR) is 123 cm³/mol. The van der Waals surface area contributed by atoms with Crippen LogP contribution in [0.4, 0.5) is 5.82 Å². The summed E-state index contributed by atoms with van der Waals surface area (Å²) in [6, 6.07) is 12.1. The predicted octanol–water partition coefficient (Wildman–Crippen LogP) is 2.89. The lowest BCUT2D eigenvalue weighted by Gasteiger charge is -2.26. The smallest absolute Gasteiger partial charge is 0.160 e. The lowest BCUT2D eigenvalue weighted by atomic mass is 10.1. The first kappa shape index (κ1) is 23.6. The van der Waals surface area contributed by atoms with E-state index in [2.05, 4.69) is 45.2 Å². The van der Waals surface area contributed by atoms with Gasteiger partial charge in [-0.05, 0) is 43.3 Å². The minimum absolute atomic E-state index is 0.326. The lowest BCUT2D eigenvalue weighted by molar-refractivity contribution is -0.132. The van der Waals surface area contributed by atoms with Crippen molar-refractivity contribution < 1.29 is 14.2 Å². The van der Waals surface area contributed by atoms with Gasteiger partial charge < -0.3 is 24.4 Å². The monoisotopic (exact) mass is 434 g/mol. The van der Waals surface area contributed by atoms with Crippen molar-refractivity contribution in [2.45, 2.75) is 32.6 Å². The lowest BCUT2D eigenvalue weighted by Crippen LogP contribution is -2.30. The van der Waals surface area contributed by atoms with Crippen molar-refractivity contribution in [1.82, 2.24) is 10.3 Å².